The predicted molar refractivity (Wildman–Crippen MR) is 77.0 cm³/mol. The summed E-state index contributed by atoms with van der Waals surface area (Å²) in [6, 6.07) is 5.15. The Balaban J connectivity index is 1.81. The minimum Gasteiger partial charge on any atom is -0.464 e. The zero-order chi connectivity index (χ0) is 16.4. The first-order valence-electron chi connectivity index (χ1n) is 6.94. The molecule has 0 amide bonds. The van der Waals surface area contributed by atoms with E-state index in [1.165, 1.54) is 18.0 Å². The third-order valence-electron chi connectivity index (χ3n) is 3.63. The number of rotatable bonds is 5. The number of esters is 1. The molecule has 2 N–H and O–H groups in total. The van der Waals surface area contributed by atoms with E-state index in [2.05, 4.69) is 9.72 Å². The Labute approximate surface area is 131 Å². The molecule has 1 aromatic heterocycles. The molecule has 3 rings (SSSR count). The maximum Gasteiger partial charge on any atom is 0.358 e. The second-order valence-corrected chi connectivity index (χ2v) is 4.97. The number of carbonyl (C=O) groups is 1. The van der Waals surface area contributed by atoms with Crippen LogP contribution >= 0.6 is 0 Å². The van der Waals surface area contributed by atoms with Gasteiger partial charge in [0, 0.05) is 0 Å². The number of aliphatic hydroxyl groups is 2. The Morgan fingerprint density at radius 3 is 2.96 bits per heavy atom. The lowest BCUT2D eigenvalue weighted by Crippen LogP contribution is -2.13. The van der Waals surface area contributed by atoms with Crippen LogP contribution in [0.3, 0.4) is 0 Å². The number of carbonyl (C=O) groups excluding carboxylic acids is 1. The number of imidazole rings is 1. The Morgan fingerprint density at radius 2 is 2.22 bits per heavy atom. The second kappa shape index (κ2) is 6.27. The molecule has 0 unspecified atom stereocenters. The second-order valence-electron chi connectivity index (χ2n) is 4.97. The number of benzene rings is 1. The summed E-state index contributed by atoms with van der Waals surface area (Å²) in [7, 11) is 1.24. The zero-order valence-electron chi connectivity index (χ0n) is 12.4. The molecule has 1 aliphatic heterocycles. The van der Waals surface area contributed by atoms with Gasteiger partial charge in [-0.05, 0) is 17.7 Å². The lowest BCUT2D eigenvalue weighted by molar-refractivity contribution is 0.0589. The van der Waals surface area contributed by atoms with Gasteiger partial charge in [0.1, 0.15) is 0 Å². The smallest absolute Gasteiger partial charge is 0.358 e. The van der Waals surface area contributed by atoms with Crippen LogP contribution in [0, 0.1) is 0 Å². The fourth-order valence-corrected chi connectivity index (χ4v) is 2.41. The highest BCUT2D eigenvalue weighted by atomic mass is 16.7. The first-order chi connectivity index (χ1) is 11.1. The maximum atomic E-state index is 11.6. The van der Waals surface area contributed by atoms with Crippen molar-refractivity contribution in [2.45, 2.75) is 19.3 Å². The number of fused-ring (bicyclic) bond motifs is 1. The van der Waals surface area contributed by atoms with Crippen LogP contribution in [-0.4, -0.2) is 39.6 Å². The van der Waals surface area contributed by atoms with Gasteiger partial charge in [0.15, 0.2) is 17.2 Å². The van der Waals surface area contributed by atoms with Gasteiger partial charge in [-0.3, -0.25) is 0 Å². The van der Waals surface area contributed by atoms with E-state index in [1.807, 2.05) is 0 Å². The number of hydrogen-bond donors (Lipinski definition) is 2. The number of aromatic nitrogens is 2. The van der Waals surface area contributed by atoms with Gasteiger partial charge in [0.2, 0.25) is 6.79 Å². The molecule has 0 fully saturated rings. The van der Waals surface area contributed by atoms with E-state index in [-0.39, 0.29) is 24.7 Å². The third-order valence-corrected chi connectivity index (χ3v) is 3.63. The molecule has 0 aliphatic carbocycles. The topological polar surface area (TPSA) is 103 Å². The molecule has 122 valence electrons. The molecule has 0 saturated carbocycles. The van der Waals surface area contributed by atoms with Crippen LogP contribution < -0.4 is 9.47 Å². The van der Waals surface area contributed by atoms with Crippen molar-refractivity contribution in [3.63, 3.8) is 0 Å². The summed E-state index contributed by atoms with van der Waals surface area (Å²) in [5.74, 6) is 0.572. The van der Waals surface area contributed by atoms with Crippen LogP contribution in [0.15, 0.2) is 24.5 Å². The van der Waals surface area contributed by atoms with Gasteiger partial charge in [-0.2, -0.15) is 0 Å². The summed E-state index contributed by atoms with van der Waals surface area (Å²) >= 11 is 0. The fourth-order valence-electron chi connectivity index (χ4n) is 2.41. The van der Waals surface area contributed by atoms with Crippen molar-refractivity contribution in [3.05, 3.63) is 41.5 Å². The van der Waals surface area contributed by atoms with E-state index in [0.717, 1.165) is 0 Å². The third kappa shape index (κ3) is 2.86. The Bertz CT molecular complexity index is 727. The van der Waals surface area contributed by atoms with Crippen molar-refractivity contribution in [1.29, 1.82) is 0 Å². The number of methoxy groups -OCH3 is 1. The molecule has 1 atom stereocenters. The quantitative estimate of drug-likeness (QED) is 0.779. The summed E-state index contributed by atoms with van der Waals surface area (Å²) in [5, 5.41) is 19.8. The predicted octanol–water partition coefficient (Wildman–Crippen LogP) is 0.624. The molecule has 8 nitrogen and oxygen atoms in total. The molecular formula is C15H16N2O6. The number of nitrogens with zero attached hydrogens (tertiary/aromatic N) is 2. The Morgan fingerprint density at radius 1 is 1.43 bits per heavy atom. The highest BCUT2D eigenvalue weighted by molar-refractivity contribution is 5.88. The van der Waals surface area contributed by atoms with Crippen molar-refractivity contribution in [2.75, 3.05) is 13.9 Å². The molecule has 2 aromatic rings. The first kappa shape index (κ1) is 15.3. The van der Waals surface area contributed by atoms with Crippen LogP contribution in [0.2, 0.25) is 0 Å². The molecule has 0 radical (unpaired) electrons. The molecule has 0 spiro atoms. The molecule has 1 aliphatic rings. The monoisotopic (exact) mass is 320 g/mol. The highest BCUT2D eigenvalue weighted by Crippen LogP contribution is 2.34. The normalized spacial score (nSPS) is 13.9. The highest BCUT2D eigenvalue weighted by Gasteiger charge is 2.21. The summed E-state index contributed by atoms with van der Waals surface area (Å²) in [6.45, 7) is -0.106. The van der Waals surface area contributed by atoms with Gasteiger partial charge in [-0.1, -0.05) is 6.07 Å². The maximum absolute atomic E-state index is 11.6. The van der Waals surface area contributed by atoms with Crippen molar-refractivity contribution in [1.82, 2.24) is 9.55 Å². The van der Waals surface area contributed by atoms with Gasteiger partial charge in [0.25, 0.3) is 0 Å². The number of hydrogen-bond acceptors (Lipinski definition) is 7. The van der Waals surface area contributed by atoms with Crippen LogP contribution in [0.1, 0.15) is 27.8 Å². The van der Waals surface area contributed by atoms with Crippen LogP contribution in [0.4, 0.5) is 0 Å². The van der Waals surface area contributed by atoms with Crippen molar-refractivity contribution < 1.29 is 29.2 Å². The minimum absolute atomic E-state index is 0.0351. The van der Waals surface area contributed by atoms with E-state index in [1.54, 1.807) is 18.2 Å². The molecule has 0 bridgehead atoms. The number of aliphatic hydroxyl groups excluding tert-OH is 2. The van der Waals surface area contributed by atoms with E-state index in [9.17, 15) is 15.0 Å². The molecular weight excluding hydrogens is 304 g/mol. The van der Waals surface area contributed by atoms with Gasteiger partial charge in [-0.15, -0.1) is 0 Å². The Kier molecular flexibility index (Phi) is 4.18. The summed E-state index contributed by atoms with van der Waals surface area (Å²) in [5.41, 5.74) is 0.955. The minimum atomic E-state index is -0.866. The summed E-state index contributed by atoms with van der Waals surface area (Å²) in [6.07, 6.45) is 0.517. The van der Waals surface area contributed by atoms with Crippen molar-refractivity contribution in [3.8, 4) is 11.5 Å². The lowest BCUT2D eigenvalue weighted by Gasteiger charge is -2.14. The van der Waals surface area contributed by atoms with E-state index >= 15 is 0 Å². The zero-order valence-corrected chi connectivity index (χ0v) is 12.4. The Hall–Kier alpha value is -2.58. The van der Waals surface area contributed by atoms with Crippen LogP contribution in [0.5, 0.6) is 11.5 Å². The van der Waals surface area contributed by atoms with Gasteiger partial charge < -0.3 is 29.0 Å². The van der Waals surface area contributed by atoms with E-state index in [4.69, 9.17) is 9.47 Å². The van der Waals surface area contributed by atoms with E-state index in [0.29, 0.717) is 17.1 Å². The molecule has 1 aromatic carbocycles. The lowest BCUT2D eigenvalue weighted by atomic mass is 10.1. The SMILES string of the molecule is COC(=O)c1ncn(C[C@H](O)c2ccc3c(c2)OCO3)c1CO. The molecule has 8 heteroatoms. The van der Waals surface area contributed by atoms with Gasteiger partial charge in [0.05, 0.1) is 38.4 Å². The average molecular weight is 320 g/mol. The molecule has 2 heterocycles. The standard InChI is InChI=1S/C15H16N2O6/c1-21-15(20)14-10(6-18)17(7-16-14)5-11(19)9-2-3-12-13(4-9)23-8-22-12/h2-4,7,11,18-19H,5-6,8H2,1H3/t11-/m0/s1. The molecule has 23 heavy (non-hydrogen) atoms. The summed E-state index contributed by atoms with van der Waals surface area (Å²) < 4.78 is 16.6. The number of ether oxygens (including phenoxy) is 3. The average Bonchev–Trinajstić information content (AvgIpc) is 3.19. The van der Waals surface area contributed by atoms with Crippen LogP contribution in [0.25, 0.3) is 0 Å². The van der Waals surface area contributed by atoms with Gasteiger partial charge in [-0.25, -0.2) is 9.78 Å². The first-order valence-corrected chi connectivity index (χ1v) is 6.94. The largest absolute Gasteiger partial charge is 0.464 e. The van der Waals surface area contributed by atoms with E-state index < -0.39 is 18.7 Å². The van der Waals surface area contributed by atoms with Crippen LogP contribution in [-0.2, 0) is 17.9 Å². The van der Waals surface area contributed by atoms with Gasteiger partial charge >= 0.3 is 5.97 Å². The molecule has 0 saturated heterocycles. The fraction of sp³-hybridized carbons (Fsp3) is 0.333. The van der Waals surface area contributed by atoms with Crippen molar-refractivity contribution in [2.24, 2.45) is 0 Å². The van der Waals surface area contributed by atoms with Crippen molar-refractivity contribution >= 4 is 5.97 Å². The summed E-state index contributed by atoms with van der Waals surface area (Å²) in [4.78, 5) is 15.5.